The summed E-state index contributed by atoms with van der Waals surface area (Å²) in [5.41, 5.74) is -1.75. The number of nitrogens with one attached hydrogen (secondary N) is 1. The molecule has 270 valence electrons. The van der Waals surface area contributed by atoms with E-state index in [0.717, 1.165) is 37.7 Å². The molecular formula is C38H56F3NO6. The maximum absolute atomic E-state index is 13.8. The third-order valence-corrected chi connectivity index (χ3v) is 14.7. The first-order valence-electron chi connectivity index (χ1n) is 17.9. The lowest BCUT2D eigenvalue weighted by Gasteiger charge is -2.72. The maximum Gasteiger partial charge on any atom is 0.405 e. The van der Waals surface area contributed by atoms with Crippen LogP contribution in [0.4, 0.5) is 13.2 Å². The number of allylic oxidation sites excluding steroid dienone is 1. The Morgan fingerprint density at radius 2 is 1.56 bits per heavy atom. The number of amides is 1. The molecule has 8 atom stereocenters. The molecule has 5 rings (SSSR count). The number of hydrogen-bond donors (Lipinski definition) is 2. The minimum absolute atomic E-state index is 0.0516. The SMILES string of the molecule is CC(C)C1=C2C3CCC4[C@@]5(C)CC[C@H](OC(=O)CC(C)(C)C(=O)O)C(C)(C)C5CC[C@@]4(C)[C@]3(C)CC[C@@]2(C(=O)NCC(F)(F)F)CC1=O. The van der Waals surface area contributed by atoms with Gasteiger partial charge in [0.2, 0.25) is 5.91 Å². The highest BCUT2D eigenvalue weighted by Gasteiger charge is 2.71. The number of ketones is 1. The lowest BCUT2D eigenvalue weighted by molar-refractivity contribution is -0.233. The van der Waals surface area contributed by atoms with Gasteiger partial charge in [-0.05, 0) is 116 Å². The van der Waals surface area contributed by atoms with E-state index >= 15 is 0 Å². The van der Waals surface area contributed by atoms with Gasteiger partial charge in [-0.3, -0.25) is 19.2 Å². The zero-order chi connectivity index (χ0) is 36.0. The number of Topliss-reactive ketones (excluding diaryl/α,β-unsaturated/α-hetero) is 1. The predicted molar refractivity (Wildman–Crippen MR) is 174 cm³/mol. The molecule has 4 saturated carbocycles. The summed E-state index contributed by atoms with van der Waals surface area (Å²) in [6.45, 7) is 17.0. The second-order valence-electron chi connectivity index (χ2n) is 18.3. The number of carboxylic acid groups (broad SMARTS) is 1. The molecule has 5 aliphatic carbocycles. The minimum Gasteiger partial charge on any atom is -0.481 e. The van der Waals surface area contributed by atoms with Crippen LogP contribution in [-0.4, -0.2) is 47.6 Å². The van der Waals surface area contributed by atoms with Crippen LogP contribution in [0.5, 0.6) is 0 Å². The van der Waals surface area contributed by atoms with Crippen LogP contribution in [0.1, 0.15) is 127 Å². The van der Waals surface area contributed by atoms with Gasteiger partial charge in [0.25, 0.3) is 0 Å². The van der Waals surface area contributed by atoms with E-state index in [1.807, 2.05) is 13.8 Å². The molecule has 0 saturated heterocycles. The number of carbonyl (C=O) groups excluding carboxylic acids is 3. The fourth-order valence-corrected chi connectivity index (χ4v) is 12.1. The van der Waals surface area contributed by atoms with E-state index in [0.29, 0.717) is 30.8 Å². The molecule has 7 nitrogen and oxygen atoms in total. The Morgan fingerprint density at radius 3 is 2.15 bits per heavy atom. The summed E-state index contributed by atoms with van der Waals surface area (Å²) in [7, 11) is 0. The number of ether oxygens (including phenoxy) is 1. The van der Waals surface area contributed by atoms with Gasteiger partial charge in [-0.25, -0.2) is 0 Å². The summed E-state index contributed by atoms with van der Waals surface area (Å²) in [5.74, 6) is -1.90. The van der Waals surface area contributed by atoms with E-state index in [-0.39, 0.29) is 64.1 Å². The molecule has 10 heteroatoms. The van der Waals surface area contributed by atoms with Crippen molar-refractivity contribution in [3.63, 3.8) is 0 Å². The van der Waals surface area contributed by atoms with Crippen LogP contribution in [-0.2, 0) is 23.9 Å². The van der Waals surface area contributed by atoms with Gasteiger partial charge in [0, 0.05) is 11.8 Å². The van der Waals surface area contributed by atoms with E-state index < -0.39 is 41.4 Å². The predicted octanol–water partition coefficient (Wildman–Crippen LogP) is 8.06. The fourth-order valence-electron chi connectivity index (χ4n) is 12.1. The van der Waals surface area contributed by atoms with Crippen LogP contribution in [0.25, 0.3) is 0 Å². The van der Waals surface area contributed by atoms with Gasteiger partial charge in [-0.15, -0.1) is 0 Å². The van der Waals surface area contributed by atoms with Crippen molar-refractivity contribution in [2.24, 2.45) is 56.2 Å². The second-order valence-corrected chi connectivity index (χ2v) is 18.3. The summed E-state index contributed by atoms with van der Waals surface area (Å²) in [5, 5.41) is 11.7. The molecule has 0 spiro atoms. The van der Waals surface area contributed by atoms with Crippen molar-refractivity contribution < 1.29 is 42.2 Å². The Hall–Kier alpha value is -2.39. The normalized spacial score (nSPS) is 39.2. The van der Waals surface area contributed by atoms with Crippen molar-refractivity contribution >= 4 is 23.6 Å². The number of alkyl halides is 3. The highest BCUT2D eigenvalue weighted by atomic mass is 19.4. The summed E-state index contributed by atoms with van der Waals surface area (Å²) in [4.78, 5) is 52.0. The molecule has 4 fully saturated rings. The number of carboxylic acids is 1. The van der Waals surface area contributed by atoms with E-state index in [1.54, 1.807) is 0 Å². The van der Waals surface area contributed by atoms with Crippen molar-refractivity contribution in [3.8, 4) is 0 Å². The molecule has 48 heavy (non-hydrogen) atoms. The first-order chi connectivity index (χ1) is 21.9. The Bertz CT molecular complexity index is 1410. The monoisotopic (exact) mass is 679 g/mol. The van der Waals surface area contributed by atoms with Gasteiger partial charge in [0.15, 0.2) is 5.78 Å². The molecule has 0 bridgehead atoms. The van der Waals surface area contributed by atoms with Crippen molar-refractivity contribution in [1.29, 1.82) is 0 Å². The molecule has 5 aliphatic rings. The Kier molecular flexibility index (Phi) is 8.89. The highest BCUT2D eigenvalue weighted by Crippen LogP contribution is 2.76. The van der Waals surface area contributed by atoms with Crippen molar-refractivity contribution in [2.45, 2.75) is 139 Å². The molecule has 0 aromatic rings. The Labute approximate surface area is 283 Å². The molecule has 0 aliphatic heterocycles. The number of halogens is 3. The number of aliphatic carboxylic acids is 1. The lowest BCUT2D eigenvalue weighted by atomic mass is 9.33. The quantitative estimate of drug-likeness (QED) is 0.264. The average molecular weight is 680 g/mol. The number of esters is 1. The lowest BCUT2D eigenvalue weighted by Crippen LogP contribution is -2.66. The van der Waals surface area contributed by atoms with E-state index in [4.69, 9.17) is 4.74 Å². The Balaban J connectivity index is 1.46. The van der Waals surface area contributed by atoms with Gasteiger partial charge >= 0.3 is 18.1 Å². The topological polar surface area (TPSA) is 110 Å². The second kappa shape index (κ2) is 11.6. The number of fused-ring (bicyclic) bond motifs is 7. The molecule has 0 aromatic heterocycles. The highest BCUT2D eigenvalue weighted by molar-refractivity contribution is 6.07. The molecule has 2 N–H and O–H groups in total. The summed E-state index contributed by atoms with van der Waals surface area (Å²) < 4.78 is 45.8. The zero-order valence-electron chi connectivity index (χ0n) is 30.3. The zero-order valence-corrected chi connectivity index (χ0v) is 30.3. The van der Waals surface area contributed by atoms with Crippen LogP contribution in [0, 0.1) is 56.2 Å². The first-order valence-corrected chi connectivity index (χ1v) is 17.9. The minimum atomic E-state index is -4.54. The van der Waals surface area contributed by atoms with Gasteiger partial charge in [-0.2, -0.15) is 13.2 Å². The summed E-state index contributed by atoms with van der Waals surface area (Å²) in [6.07, 6.45) is 0.974. The summed E-state index contributed by atoms with van der Waals surface area (Å²) in [6, 6.07) is 0. The van der Waals surface area contributed by atoms with E-state index in [9.17, 15) is 37.5 Å². The van der Waals surface area contributed by atoms with Gasteiger partial charge in [0.1, 0.15) is 12.6 Å². The average Bonchev–Trinajstić information content (AvgIpc) is 3.26. The molecule has 1 amide bonds. The Morgan fingerprint density at radius 1 is 0.917 bits per heavy atom. The summed E-state index contributed by atoms with van der Waals surface area (Å²) >= 11 is 0. The maximum atomic E-state index is 13.8. The number of hydrogen-bond acceptors (Lipinski definition) is 5. The standard InChI is InChI=1S/C38H56F3NO6/c1-21(2)28-23(43)18-37(30(45)42-20-38(39,40)41)17-16-35(8)22(29(28)37)10-11-25-34(7)14-13-26(48-27(44)19-32(3,4)31(46)47)33(5,6)24(34)12-15-36(25,35)9/h21-22,24-26H,10-20H2,1-9H3,(H,42,45)(H,46,47)/t22?,24?,25?,26-,34-,35+,36+,37+/m0/s1. The first kappa shape index (κ1) is 36.9. The molecule has 0 aromatic carbocycles. The van der Waals surface area contributed by atoms with Crippen molar-refractivity contribution in [2.75, 3.05) is 6.54 Å². The molecule has 3 unspecified atom stereocenters. The van der Waals surface area contributed by atoms with Gasteiger partial charge < -0.3 is 15.2 Å². The van der Waals surface area contributed by atoms with Crippen LogP contribution < -0.4 is 5.32 Å². The van der Waals surface area contributed by atoms with Gasteiger partial charge in [-0.1, -0.05) is 48.5 Å². The third kappa shape index (κ3) is 5.44. The molecule has 0 radical (unpaired) electrons. The van der Waals surface area contributed by atoms with E-state index in [1.165, 1.54) is 13.8 Å². The van der Waals surface area contributed by atoms with Crippen molar-refractivity contribution in [1.82, 2.24) is 5.32 Å². The van der Waals surface area contributed by atoms with Crippen LogP contribution in [0.3, 0.4) is 0 Å². The molecule has 0 heterocycles. The smallest absolute Gasteiger partial charge is 0.405 e. The van der Waals surface area contributed by atoms with Gasteiger partial charge in [0.05, 0.1) is 17.3 Å². The van der Waals surface area contributed by atoms with E-state index in [2.05, 4.69) is 39.9 Å². The number of carbonyl (C=O) groups is 4. The fraction of sp³-hybridized carbons (Fsp3) is 0.842. The van der Waals surface area contributed by atoms with Crippen LogP contribution in [0.15, 0.2) is 11.1 Å². The molecular weight excluding hydrogens is 623 g/mol. The largest absolute Gasteiger partial charge is 0.481 e. The third-order valence-electron chi connectivity index (χ3n) is 14.7. The van der Waals surface area contributed by atoms with Crippen LogP contribution in [0.2, 0.25) is 0 Å². The number of rotatable bonds is 7. The van der Waals surface area contributed by atoms with Crippen LogP contribution >= 0.6 is 0 Å². The van der Waals surface area contributed by atoms with Crippen molar-refractivity contribution in [3.05, 3.63) is 11.1 Å².